The zero-order valence-electron chi connectivity index (χ0n) is 12.2. The molecule has 1 saturated carbocycles. The van der Waals surface area contributed by atoms with E-state index in [-0.39, 0.29) is 29.3 Å². The molecule has 1 aliphatic carbocycles. The molecule has 0 spiro atoms. The number of amides is 1. The summed E-state index contributed by atoms with van der Waals surface area (Å²) in [6.45, 7) is 1.49. The molecule has 1 amide bonds. The molecule has 1 N–H and O–H groups in total. The Balaban J connectivity index is 1.65. The van der Waals surface area contributed by atoms with Crippen LogP contribution in [-0.2, 0) is 4.79 Å². The number of Topliss-reactive ketones (excluding diaryl/α,β-unsaturated/α-hetero) is 1. The van der Waals surface area contributed by atoms with E-state index >= 15 is 0 Å². The largest absolute Gasteiger partial charge is 0.326 e. The molecule has 2 unspecified atom stereocenters. The number of hydrogen-bond donors (Lipinski definition) is 1. The number of carbonyl (C=O) groups excluding carboxylic acids is 2. The minimum absolute atomic E-state index is 0.0355. The fourth-order valence-electron chi connectivity index (χ4n) is 2.61. The van der Waals surface area contributed by atoms with Crippen molar-refractivity contribution in [1.29, 1.82) is 0 Å². The Morgan fingerprint density at radius 3 is 2.55 bits per heavy atom. The number of halogens is 1. The molecule has 0 radical (unpaired) electrons. The Bertz CT molecular complexity index is 724. The van der Waals surface area contributed by atoms with Gasteiger partial charge >= 0.3 is 0 Å². The second-order valence-corrected chi connectivity index (χ2v) is 5.63. The van der Waals surface area contributed by atoms with Gasteiger partial charge in [-0.05, 0) is 49.1 Å². The second-order valence-electron chi connectivity index (χ2n) is 5.63. The van der Waals surface area contributed by atoms with E-state index in [0.717, 1.165) is 12.0 Å². The van der Waals surface area contributed by atoms with Crippen molar-refractivity contribution < 1.29 is 14.0 Å². The van der Waals surface area contributed by atoms with Crippen LogP contribution in [0, 0.1) is 11.7 Å². The highest BCUT2D eigenvalue weighted by molar-refractivity contribution is 5.98. The lowest BCUT2D eigenvalue weighted by Crippen LogP contribution is -2.14. The predicted molar refractivity (Wildman–Crippen MR) is 82.3 cm³/mol. The van der Waals surface area contributed by atoms with Gasteiger partial charge in [-0.25, -0.2) is 4.39 Å². The maximum atomic E-state index is 12.9. The Hall–Kier alpha value is -2.49. The summed E-state index contributed by atoms with van der Waals surface area (Å²) in [6, 6.07) is 13.2. The van der Waals surface area contributed by atoms with Crippen molar-refractivity contribution in [3.8, 4) is 0 Å². The zero-order chi connectivity index (χ0) is 15.7. The van der Waals surface area contributed by atoms with Crippen LogP contribution in [0.2, 0.25) is 0 Å². The summed E-state index contributed by atoms with van der Waals surface area (Å²) in [6.07, 6.45) is 0.768. The van der Waals surface area contributed by atoms with E-state index in [1.165, 1.54) is 19.1 Å². The molecule has 22 heavy (non-hydrogen) atoms. The number of carbonyl (C=O) groups is 2. The molecule has 1 aliphatic rings. The van der Waals surface area contributed by atoms with Crippen LogP contribution in [0.3, 0.4) is 0 Å². The second kappa shape index (κ2) is 5.72. The Morgan fingerprint density at radius 2 is 1.86 bits per heavy atom. The molecule has 1 fully saturated rings. The van der Waals surface area contributed by atoms with Crippen molar-refractivity contribution in [3.05, 3.63) is 65.5 Å². The van der Waals surface area contributed by atoms with Gasteiger partial charge in [0.25, 0.3) is 0 Å². The highest BCUT2D eigenvalue weighted by Crippen LogP contribution is 2.47. The van der Waals surface area contributed by atoms with Crippen molar-refractivity contribution in [2.75, 3.05) is 5.32 Å². The fourth-order valence-corrected chi connectivity index (χ4v) is 2.61. The van der Waals surface area contributed by atoms with Crippen LogP contribution in [-0.4, -0.2) is 11.7 Å². The van der Waals surface area contributed by atoms with Crippen LogP contribution in [0.4, 0.5) is 10.1 Å². The SMILES string of the molecule is CC(=O)c1cccc(NC(=O)C2CC2c2ccc(F)cc2)c1. The van der Waals surface area contributed by atoms with Gasteiger partial charge in [-0.3, -0.25) is 9.59 Å². The average Bonchev–Trinajstić information content (AvgIpc) is 3.29. The summed E-state index contributed by atoms with van der Waals surface area (Å²) >= 11 is 0. The van der Waals surface area contributed by atoms with Crippen LogP contribution >= 0.6 is 0 Å². The monoisotopic (exact) mass is 297 g/mol. The van der Waals surface area contributed by atoms with E-state index in [0.29, 0.717) is 11.3 Å². The van der Waals surface area contributed by atoms with Gasteiger partial charge in [0.1, 0.15) is 5.82 Å². The Kier molecular flexibility index (Phi) is 3.75. The summed E-state index contributed by atoms with van der Waals surface area (Å²) in [4.78, 5) is 23.6. The third kappa shape index (κ3) is 3.06. The van der Waals surface area contributed by atoms with Crippen LogP contribution < -0.4 is 5.32 Å². The maximum absolute atomic E-state index is 12.9. The number of benzene rings is 2. The predicted octanol–water partition coefficient (Wildman–Crippen LogP) is 3.77. The number of hydrogen-bond acceptors (Lipinski definition) is 2. The van der Waals surface area contributed by atoms with Crippen molar-refractivity contribution in [3.63, 3.8) is 0 Å². The quantitative estimate of drug-likeness (QED) is 0.873. The van der Waals surface area contributed by atoms with Gasteiger partial charge in [0.05, 0.1) is 0 Å². The molecule has 0 heterocycles. The summed E-state index contributed by atoms with van der Waals surface area (Å²) in [5.41, 5.74) is 2.19. The summed E-state index contributed by atoms with van der Waals surface area (Å²) < 4.78 is 12.9. The Labute approximate surface area is 128 Å². The molecule has 2 aromatic rings. The standard InChI is InChI=1S/C18H16FNO2/c1-11(21)13-3-2-4-15(9-13)20-18(22)17-10-16(17)12-5-7-14(19)8-6-12/h2-9,16-17H,10H2,1H3,(H,20,22). The first-order valence-electron chi connectivity index (χ1n) is 7.22. The fraction of sp³-hybridized carbons (Fsp3) is 0.222. The van der Waals surface area contributed by atoms with Crippen LogP contribution in [0.25, 0.3) is 0 Å². The van der Waals surface area contributed by atoms with Crippen molar-refractivity contribution in [2.45, 2.75) is 19.3 Å². The first kappa shape index (κ1) is 14.4. The van der Waals surface area contributed by atoms with Gasteiger partial charge in [0.2, 0.25) is 5.91 Å². The molecular weight excluding hydrogens is 281 g/mol. The Morgan fingerprint density at radius 1 is 1.14 bits per heavy atom. The minimum atomic E-state index is -0.272. The summed E-state index contributed by atoms with van der Waals surface area (Å²) in [7, 11) is 0. The third-order valence-electron chi connectivity index (χ3n) is 3.96. The number of rotatable bonds is 4. The zero-order valence-corrected chi connectivity index (χ0v) is 12.2. The van der Waals surface area contributed by atoms with Crippen molar-refractivity contribution >= 4 is 17.4 Å². The molecule has 3 rings (SSSR count). The van der Waals surface area contributed by atoms with E-state index in [9.17, 15) is 14.0 Å². The lowest BCUT2D eigenvalue weighted by atomic mass is 10.1. The van der Waals surface area contributed by atoms with E-state index in [4.69, 9.17) is 0 Å². The molecule has 0 aliphatic heterocycles. The van der Waals surface area contributed by atoms with E-state index in [1.54, 1.807) is 36.4 Å². The van der Waals surface area contributed by atoms with Crippen LogP contribution in [0.15, 0.2) is 48.5 Å². The topological polar surface area (TPSA) is 46.2 Å². The van der Waals surface area contributed by atoms with Gasteiger partial charge in [0, 0.05) is 17.2 Å². The first-order chi connectivity index (χ1) is 10.5. The highest BCUT2D eigenvalue weighted by Gasteiger charge is 2.43. The first-order valence-corrected chi connectivity index (χ1v) is 7.22. The van der Waals surface area contributed by atoms with E-state index in [2.05, 4.69) is 5.32 Å². The maximum Gasteiger partial charge on any atom is 0.228 e. The van der Waals surface area contributed by atoms with Gasteiger partial charge < -0.3 is 5.32 Å². The van der Waals surface area contributed by atoms with Crippen molar-refractivity contribution in [1.82, 2.24) is 0 Å². The van der Waals surface area contributed by atoms with Gasteiger partial charge in [-0.15, -0.1) is 0 Å². The summed E-state index contributed by atoms with van der Waals surface area (Å²) in [5, 5.41) is 2.85. The average molecular weight is 297 g/mol. The lowest BCUT2D eigenvalue weighted by molar-refractivity contribution is -0.117. The molecule has 0 bridgehead atoms. The van der Waals surface area contributed by atoms with E-state index in [1.807, 2.05) is 0 Å². The van der Waals surface area contributed by atoms with Crippen LogP contribution in [0.5, 0.6) is 0 Å². The minimum Gasteiger partial charge on any atom is -0.326 e. The normalized spacial score (nSPS) is 19.5. The lowest BCUT2D eigenvalue weighted by Gasteiger charge is -2.06. The van der Waals surface area contributed by atoms with E-state index < -0.39 is 0 Å². The van der Waals surface area contributed by atoms with Crippen LogP contribution in [0.1, 0.15) is 35.2 Å². The number of ketones is 1. The van der Waals surface area contributed by atoms with Crippen molar-refractivity contribution in [2.24, 2.45) is 5.92 Å². The number of nitrogens with one attached hydrogen (secondary N) is 1. The molecule has 112 valence electrons. The molecule has 2 aromatic carbocycles. The summed E-state index contributed by atoms with van der Waals surface area (Å²) in [5.74, 6) is -0.309. The molecule has 0 saturated heterocycles. The smallest absolute Gasteiger partial charge is 0.228 e. The van der Waals surface area contributed by atoms with Gasteiger partial charge in [0.15, 0.2) is 5.78 Å². The molecule has 2 atom stereocenters. The number of anilines is 1. The van der Waals surface area contributed by atoms with Gasteiger partial charge in [-0.2, -0.15) is 0 Å². The molecular formula is C18H16FNO2. The molecule has 3 nitrogen and oxygen atoms in total. The van der Waals surface area contributed by atoms with Gasteiger partial charge in [-0.1, -0.05) is 24.3 Å². The molecule has 4 heteroatoms. The third-order valence-corrected chi connectivity index (χ3v) is 3.96. The molecule has 0 aromatic heterocycles. The highest BCUT2D eigenvalue weighted by atomic mass is 19.1.